The second kappa shape index (κ2) is 7.39. The maximum Gasteiger partial charge on any atom is 0.258 e. The van der Waals surface area contributed by atoms with Crippen molar-refractivity contribution in [2.75, 3.05) is 4.90 Å². The van der Waals surface area contributed by atoms with Gasteiger partial charge >= 0.3 is 0 Å². The third kappa shape index (κ3) is 4.11. The highest BCUT2D eigenvalue weighted by atomic mass is 16.5. The molecule has 4 heteroatoms. The Morgan fingerprint density at radius 2 is 1.56 bits per heavy atom. The molecule has 2 aromatic rings. The summed E-state index contributed by atoms with van der Waals surface area (Å²) in [5.41, 5.74) is 2.96. The number of ether oxygens (including phenoxy) is 1. The van der Waals surface area contributed by atoms with Crippen molar-refractivity contribution < 1.29 is 14.3 Å². The number of rotatable bonds is 5. The second-order valence-corrected chi connectivity index (χ2v) is 7.77. The van der Waals surface area contributed by atoms with Crippen molar-refractivity contribution in [2.45, 2.75) is 46.0 Å². The maximum absolute atomic E-state index is 11.8. The van der Waals surface area contributed by atoms with Crippen LogP contribution in [0.5, 0.6) is 11.5 Å². The highest BCUT2D eigenvalue weighted by Crippen LogP contribution is 2.35. The van der Waals surface area contributed by atoms with E-state index in [1.54, 1.807) is 24.3 Å². The summed E-state index contributed by atoms with van der Waals surface area (Å²) in [6, 6.07) is 13.4. The predicted octanol–water partition coefficient (Wildman–Crippen LogP) is 5.16. The first-order valence-corrected chi connectivity index (χ1v) is 9.27. The van der Waals surface area contributed by atoms with Crippen LogP contribution in [0.2, 0.25) is 0 Å². The fourth-order valence-electron chi connectivity index (χ4n) is 3.14. The molecule has 27 heavy (non-hydrogen) atoms. The summed E-state index contributed by atoms with van der Waals surface area (Å²) < 4.78 is 6.14. The highest BCUT2D eigenvalue weighted by molar-refractivity contribution is 6.28. The van der Waals surface area contributed by atoms with Crippen molar-refractivity contribution in [2.24, 2.45) is 0 Å². The number of hydrogen-bond acceptors (Lipinski definition) is 3. The van der Waals surface area contributed by atoms with Gasteiger partial charge in [0.2, 0.25) is 0 Å². The van der Waals surface area contributed by atoms with E-state index in [-0.39, 0.29) is 17.2 Å². The first-order chi connectivity index (χ1) is 12.8. The summed E-state index contributed by atoms with van der Waals surface area (Å²) in [7, 11) is 0. The lowest BCUT2D eigenvalue weighted by atomic mass is 9.85. The van der Waals surface area contributed by atoms with Gasteiger partial charge in [-0.2, -0.15) is 0 Å². The molecule has 0 N–H and O–H groups in total. The molecule has 1 heterocycles. The van der Waals surface area contributed by atoms with Gasteiger partial charge in [0.05, 0.1) is 5.69 Å². The first kappa shape index (κ1) is 18.9. The predicted molar refractivity (Wildman–Crippen MR) is 107 cm³/mol. The molecule has 0 bridgehead atoms. The average molecular weight is 363 g/mol. The molecule has 3 rings (SSSR count). The molecule has 0 atom stereocenters. The molecule has 0 radical (unpaired) electrons. The van der Waals surface area contributed by atoms with Gasteiger partial charge in [0.1, 0.15) is 11.5 Å². The van der Waals surface area contributed by atoms with E-state index in [0.717, 1.165) is 29.1 Å². The zero-order chi connectivity index (χ0) is 19.6. The van der Waals surface area contributed by atoms with Gasteiger partial charge in [-0.05, 0) is 47.7 Å². The van der Waals surface area contributed by atoms with Crippen LogP contribution in [0.25, 0.3) is 0 Å². The lowest BCUT2D eigenvalue weighted by Crippen LogP contribution is -2.29. The number of imide groups is 1. The zero-order valence-electron chi connectivity index (χ0n) is 16.3. The van der Waals surface area contributed by atoms with Crippen LogP contribution >= 0.6 is 0 Å². The normalized spacial score (nSPS) is 14.1. The van der Waals surface area contributed by atoms with Crippen LogP contribution in [0.1, 0.15) is 45.2 Å². The van der Waals surface area contributed by atoms with E-state index in [0.29, 0.717) is 11.4 Å². The topological polar surface area (TPSA) is 46.6 Å². The summed E-state index contributed by atoms with van der Waals surface area (Å²) in [5.74, 6) is 0.843. The van der Waals surface area contributed by atoms with E-state index in [1.807, 2.05) is 6.07 Å². The molecule has 0 saturated heterocycles. The van der Waals surface area contributed by atoms with Crippen LogP contribution in [0, 0.1) is 0 Å². The number of aryl methyl sites for hydroxylation is 1. The van der Waals surface area contributed by atoms with Crippen LogP contribution < -0.4 is 9.64 Å². The van der Waals surface area contributed by atoms with E-state index >= 15 is 0 Å². The Kier molecular flexibility index (Phi) is 5.17. The minimum Gasteiger partial charge on any atom is -0.457 e. The molecule has 2 amide bonds. The van der Waals surface area contributed by atoms with E-state index in [4.69, 9.17) is 4.74 Å². The number of carbonyl (C=O) groups is 2. The minimum absolute atomic E-state index is 0.0426. The minimum atomic E-state index is -0.324. The molecule has 0 unspecified atom stereocenters. The molecule has 2 aromatic carbocycles. The highest BCUT2D eigenvalue weighted by Gasteiger charge is 2.25. The van der Waals surface area contributed by atoms with Crippen molar-refractivity contribution in [3.8, 4) is 11.5 Å². The van der Waals surface area contributed by atoms with Gasteiger partial charge in [0, 0.05) is 17.7 Å². The molecule has 1 aliphatic heterocycles. The lowest BCUT2D eigenvalue weighted by molar-refractivity contribution is -0.119. The molecule has 4 nitrogen and oxygen atoms in total. The molecular weight excluding hydrogens is 338 g/mol. The van der Waals surface area contributed by atoms with Crippen molar-refractivity contribution >= 4 is 17.5 Å². The molecule has 140 valence electrons. The number of hydrogen-bond donors (Lipinski definition) is 0. The molecule has 1 aliphatic rings. The second-order valence-electron chi connectivity index (χ2n) is 7.77. The number of carbonyl (C=O) groups excluding carboxylic acids is 2. The van der Waals surface area contributed by atoms with Gasteiger partial charge in [0.25, 0.3) is 11.8 Å². The fourth-order valence-corrected chi connectivity index (χ4v) is 3.14. The molecule has 0 fully saturated rings. The number of amides is 2. The van der Waals surface area contributed by atoms with Gasteiger partial charge < -0.3 is 4.74 Å². The Labute approximate surface area is 160 Å². The molecule has 0 saturated carbocycles. The third-order valence-electron chi connectivity index (χ3n) is 4.52. The Bertz CT molecular complexity index is 871. The van der Waals surface area contributed by atoms with E-state index in [1.165, 1.54) is 17.7 Å². The zero-order valence-corrected chi connectivity index (χ0v) is 16.3. The van der Waals surface area contributed by atoms with Gasteiger partial charge in [-0.3, -0.25) is 9.59 Å². The van der Waals surface area contributed by atoms with Crippen LogP contribution in [-0.2, 0) is 21.4 Å². The maximum atomic E-state index is 11.8. The van der Waals surface area contributed by atoms with Crippen LogP contribution in [0.3, 0.4) is 0 Å². The summed E-state index contributed by atoms with van der Waals surface area (Å²) >= 11 is 0. The van der Waals surface area contributed by atoms with Gasteiger partial charge in [-0.25, -0.2) is 4.90 Å². The van der Waals surface area contributed by atoms with E-state index in [9.17, 15) is 9.59 Å². The first-order valence-electron chi connectivity index (χ1n) is 9.27. The summed E-state index contributed by atoms with van der Waals surface area (Å²) in [4.78, 5) is 24.7. The van der Waals surface area contributed by atoms with Crippen molar-refractivity contribution in [3.63, 3.8) is 0 Å². The molecular formula is C23H25NO3. The number of nitrogens with zero attached hydrogens (tertiary/aromatic N) is 1. The van der Waals surface area contributed by atoms with Crippen LogP contribution in [0.15, 0.2) is 54.6 Å². The van der Waals surface area contributed by atoms with Gasteiger partial charge in [0.15, 0.2) is 0 Å². The lowest BCUT2D eigenvalue weighted by Gasteiger charge is -2.24. The van der Waals surface area contributed by atoms with Crippen molar-refractivity contribution in [1.29, 1.82) is 0 Å². The van der Waals surface area contributed by atoms with E-state index < -0.39 is 0 Å². The Balaban J connectivity index is 1.85. The summed E-state index contributed by atoms with van der Waals surface area (Å²) in [6.45, 7) is 8.69. The number of anilines is 1. The van der Waals surface area contributed by atoms with Crippen molar-refractivity contribution in [1.82, 2.24) is 0 Å². The Morgan fingerprint density at radius 3 is 2.11 bits per heavy atom. The largest absolute Gasteiger partial charge is 0.457 e. The fraction of sp³-hybridized carbons (Fsp3) is 0.304. The third-order valence-corrected chi connectivity index (χ3v) is 4.52. The van der Waals surface area contributed by atoms with Gasteiger partial charge in [-0.1, -0.05) is 46.2 Å². The van der Waals surface area contributed by atoms with E-state index in [2.05, 4.69) is 39.8 Å². The SMILES string of the molecule is CCCc1ccc(Oc2ccc(N3C(=O)C=CC3=O)cc2)c(C(C)(C)C)c1. The average Bonchev–Trinajstić information content (AvgIpc) is 2.95. The quantitative estimate of drug-likeness (QED) is 0.690. The molecule has 0 spiro atoms. The Morgan fingerprint density at radius 1 is 0.926 bits per heavy atom. The van der Waals surface area contributed by atoms with Gasteiger partial charge in [-0.15, -0.1) is 0 Å². The van der Waals surface area contributed by atoms with Crippen LogP contribution in [0.4, 0.5) is 5.69 Å². The Hall–Kier alpha value is -2.88. The summed E-state index contributed by atoms with van der Waals surface area (Å²) in [6.07, 6.45) is 4.71. The van der Waals surface area contributed by atoms with Crippen molar-refractivity contribution in [3.05, 3.63) is 65.7 Å². The molecule has 0 aliphatic carbocycles. The monoisotopic (exact) mass is 363 g/mol. The smallest absolute Gasteiger partial charge is 0.258 e. The molecule has 0 aromatic heterocycles. The standard InChI is InChI=1S/C23H25NO3/c1-5-6-16-7-12-20(19(15-16)23(2,3)4)27-18-10-8-17(9-11-18)24-21(25)13-14-22(24)26/h7-15H,5-6H2,1-4H3. The number of benzene rings is 2. The summed E-state index contributed by atoms with van der Waals surface area (Å²) in [5, 5.41) is 0. The van der Waals surface area contributed by atoms with Crippen LogP contribution in [-0.4, -0.2) is 11.8 Å².